The molecule has 6 heteroatoms. The van der Waals surface area contributed by atoms with Crippen LogP contribution in [0.25, 0.3) is 22.4 Å². The number of carbonyl (C=O) groups excluding carboxylic acids is 1. The minimum absolute atomic E-state index is 0.117. The van der Waals surface area contributed by atoms with Gasteiger partial charge in [0.05, 0.1) is 0 Å². The molecule has 0 atom stereocenters. The minimum atomic E-state index is -0.561. The molecule has 0 fully saturated rings. The molecule has 0 aliphatic rings. The molecule has 26 heavy (non-hydrogen) atoms. The Labute approximate surface area is 149 Å². The number of carbonyl (C=O) groups is 1. The van der Waals surface area contributed by atoms with E-state index in [0.717, 1.165) is 22.1 Å². The fraction of sp³-hybridized carbons (Fsp3) is 0.150. The first-order chi connectivity index (χ1) is 12.6. The van der Waals surface area contributed by atoms with Crippen molar-refractivity contribution in [3.05, 3.63) is 71.3 Å². The van der Waals surface area contributed by atoms with Crippen LogP contribution < -0.4 is 0 Å². The molecule has 0 saturated carbocycles. The highest BCUT2D eigenvalue weighted by Gasteiger charge is 2.20. The number of hydrogen-bond acceptors (Lipinski definition) is 6. The van der Waals surface area contributed by atoms with Crippen LogP contribution in [0.3, 0.4) is 0 Å². The van der Waals surface area contributed by atoms with Gasteiger partial charge in [0.2, 0.25) is 11.6 Å². The monoisotopic (exact) mass is 348 g/mol. The summed E-state index contributed by atoms with van der Waals surface area (Å²) in [6.45, 7) is 3.71. The lowest BCUT2D eigenvalue weighted by atomic mass is 10.1. The summed E-state index contributed by atoms with van der Waals surface area (Å²) < 4.78 is 16.0. The number of aryl methyl sites for hydroxylation is 2. The Morgan fingerprint density at radius 2 is 1.85 bits per heavy atom. The van der Waals surface area contributed by atoms with E-state index < -0.39 is 5.97 Å². The van der Waals surface area contributed by atoms with Crippen molar-refractivity contribution in [1.82, 2.24) is 10.1 Å². The van der Waals surface area contributed by atoms with Gasteiger partial charge < -0.3 is 13.7 Å². The van der Waals surface area contributed by atoms with Crippen LogP contribution in [0.4, 0.5) is 0 Å². The molecule has 0 N–H and O–H groups in total. The van der Waals surface area contributed by atoms with Gasteiger partial charge in [-0.05, 0) is 19.9 Å². The third kappa shape index (κ3) is 2.97. The molecule has 0 amide bonds. The van der Waals surface area contributed by atoms with Gasteiger partial charge in [-0.3, -0.25) is 0 Å². The van der Waals surface area contributed by atoms with E-state index in [1.165, 1.54) is 0 Å². The third-order valence-electron chi connectivity index (χ3n) is 4.13. The summed E-state index contributed by atoms with van der Waals surface area (Å²) in [5.41, 5.74) is 3.38. The lowest BCUT2D eigenvalue weighted by Crippen LogP contribution is -2.05. The Bertz CT molecular complexity index is 1080. The second-order valence-corrected chi connectivity index (χ2v) is 6.01. The number of fused-ring (bicyclic) bond motifs is 1. The van der Waals surface area contributed by atoms with Gasteiger partial charge in [-0.25, -0.2) is 4.79 Å². The van der Waals surface area contributed by atoms with Crippen LogP contribution in [0.1, 0.15) is 27.6 Å². The fourth-order valence-electron chi connectivity index (χ4n) is 2.70. The largest absolute Gasteiger partial charge is 0.450 e. The lowest BCUT2D eigenvalue weighted by Gasteiger charge is -1.99. The van der Waals surface area contributed by atoms with E-state index in [4.69, 9.17) is 13.7 Å². The van der Waals surface area contributed by atoms with Crippen molar-refractivity contribution in [1.29, 1.82) is 0 Å². The van der Waals surface area contributed by atoms with E-state index in [2.05, 4.69) is 10.1 Å². The van der Waals surface area contributed by atoms with Crippen LogP contribution in [-0.2, 0) is 11.3 Å². The standard InChI is InChI=1S/C20H16N2O4/c1-12-7-9-14(10-8-12)19-21-17(26-22-19)11-24-20(23)18-13(2)15-5-3-4-6-16(15)25-18/h3-10H,11H2,1-2H3. The van der Waals surface area contributed by atoms with E-state index in [-0.39, 0.29) is 18.3 Å². The molecule has 130 valence electrons. The van der Waals surface area contributed by atoms with Crippen LogP contribution in [-0.4, -0.2) is 16.1 Å². The number of benzene rings is 2. The molecule has 0 spiro atoms. The lowest BCUT2D eigenvalue weighted by molar-refractivity contribution is 0.0395. The molecular weight excluding hydrogens is 332 g/mol. The number of esters is 1. The predicted molar refractivity (Wildman–Crippen MR) is 94.5 cm³/mol. The molecule has 2 aromatic carbocycles. The number of aromatic nitrogens is 2. The topological polar surface area (TPSA) is 78.4 Å². The maximum absolute atomic E-state index is 12.3. The molecule has 0 aliphatic heterocycles. The van der Waals surface area contributed by atoms with Gasteiger partial charge in [0.25, 0.3) is 5.89 Å². The van der Waals surface area contributed by atoms with Crippen molar-refractivity contribution in [2.45, 2.75) is 20.5 Å². The molecule has 2 aromatic heterocycles. The average Bonchev–Trinajstić information content (AvgIpc) is 3.26. The molecule has 0 unspecified atom stereocenters. The second kappa shape index (κ2) is 6.48. The molecule has 0 aliphatic carbocycles. The first-order valence-electron chi connectivity index (χ1n) is 8.16. The van der Waals surface area contributed by atoms with Crippen molar-refractivity contribution in [2.75, 3.05) is 0 Å². The summed E-state index contributed by atoms with van der Waals surface area (Å²) in [5.74, 6) is 0.303. The van der Waals surface area contributed by atoms with Crippen molar-refractivity contribution in [2.24, 2.45) is 0 Å². The van der Waals surface area contributed by atoms with Crippen LogP contribution in [0.5, 0.6) is 0 Å². The van der Waals surface area contributed by atoms with E-state index in [1.54, 1.807) is 0 Å². The van der Waals surface area contributed by atoms with Crippen molar-refractivity contribution < 1.29 is 18.5 Å². The summed E-state index contributed by atoms with van der Waals surface area (Å²) in [6.07, 6.45) is 0. The highest BCUT2D eigenvalue weighted by atomic mass is 16.6. The first-order valence-corrected chi connectivity index (χ1v) is 8.16. The average molecular weight is 348 g/mol. The summed E-state index contributed by atoms with van der Waals surface area (Å²) in [5, 5.41) is 4.81. The molecule has 4 aromatic rings. The molecule has 0 saturated heterocycles. The predicted octanol–water partition coefficient (Wildman–Crippen LogP) is 4.46. The summed E-state index contributed by atoms with van der Waals surface area (Å²) >= 11 is 0. The zero-order chi connectivity index (χ0) is 18.1. The van der Waals surface area contributed by atoms with Crippen LogP contribution >= 0.6 is 0 Å². The number of rotatable bonds is 4. The summed E-state index contributed by atoms with van der Waals surface area (Å²) in [4.78, 5) is 16.6. The van der Waals surface area contributed by atoms with Crippen LogP contribution in [0, 0.1) is 13.8 Å². The quantitative estimate of drug-likeness (QED) is 0.507. The molecule has 2 heterocycles. The van der Waals surface area contributed by atoms with Crippen LogP contribution in [0.15, 0.2) is 57.5 Å². The van der Waals surface area contributed by atoms with Crippen molar-refractivity contribution >= 4 is 16.9 Å². The van der Waals surface area contributed by atoms with Gasteiger partial charge in [0.1, 0.15) is 5.58 Å². The maximum Gasteiger partial charge on any atom is 0.375 e. The third-order valence-corrected chi connectivity index (χ3v) is 4.13. The highest BCUT2D eigenvalue weighted by molar-refractivity contribution is 5.95. The fourth-order valence-corrected chi connectivity index (χ4v) is 2.70. The number of para-hydroxylation sites is 1. The zero-order valence-corrected chi connectivity index (χ0v) is 14.4. The Morgan fingerprint density at radius 1 is 1.08 bits per heavy atom. The SMILES string of the molecule is Cc1ccc(-c2noc(COC(=O)c3oc4ccccc4c3C)n2)cc1. The molecule has 4 rings (SSSR count). The zero-order valence-electron chi connectivity index (χ0n) is 14.4. The highest BCUT2D eigenvalue weighted by Crippen LogP contribution is 2.25. The summed E-state index contributed by atoms with van der Waals surface area (Å²) in [6, 6.07) is 15.2. The molecule has 6 nitrogen and oxygen atoms in total. The molecular formula is C20H16N2O4. The smallest absolute Gasteiger partial charge is 0.375 e. The molecule has 0 radical (unpaired) electrons. The van der Waals surface area contributed by atoms with Gasteiger partial charge in [0.15, 0.2) is 6.61 Å². The Balaban J connectivity index is 1.47. The Hall–Kier alpha value is -3.41. The molecule has 0 bridgehead atoms. The van der Waals surface area contributed by atoms with Gasteiger partial charge in [-0.2, -0.15) is 4.98 Å². The first kappa shape index (κ1) is 16.1. The summed E-state index contributed by atoms with van der Waals surface area (Å²) in [7, 11) is 0. The number of nitrogens with zero attached hydrogens (tertiary/aromatic N) is 2. The van der Waals surface area contributed by atoms with Crippen molar-refractivity contribution in [3.63, 3.8) is 0 Å². The number of hydrogen-bond donors (Lipinski definition) is 0. The van der Waals surface area contributed by atoms with Gasteiger partial charge in [-0.1, -0.05) is 53.2 Å². The van der Waals surface area contributed by atoms with Crippen molar-refractivity contribution in [3.8, 4) is 11.4 Å². The van der Waals surface area contributed by atoms with E-state index in [9.17, 15) is 4.79 Å². The van der Waals surface area contributed by atoms with Gasteiger partial charge >= 0.3 is 5.97 Å². The second-order valence-electron chi connectivity index (χ2n) is 6.01. The van der Waals surface area contributed by atoms with Gasteiger partial charge in [0, 0.05) is 16.5 Å². The van der Waals surface area contributed by atoms with E-state index in [1.807, 2.05) is 62.4 Å². The van der Waals surface area contributed by atoms with Gasteiger partial charge in [-0.15, -0.1) is 0 Å². The van der Waals surface area contributed by atoms with Crippen LogP contribution in [0.2, 0.25) is 0 Å². The Kier molecular flexibility index (Phi) is 4.01. The Morgan fingerprint density at radius 3 is 2.62 bits per heavy atom. The van der Waals surface area contributed by atoms with E-state index in [0.29, 0.717) is 11.4 Å². The number of ether oxygens (including phenoxy) is 1. The normalized spacial score (nSPS) is 11.0. The minimum Gasteiger partial charge on any atom is -0.450 e. The maximum atomic E-state index is 12.3. The van der Waals surface area contributed by atoms with E-state index >= 15 is 0 Å². The number of furan rings is 1.